The SMILES string of the molecule is O=C(O)/C(Cc1ccccc1)=N/O[C@@H]1CCCCO1. The van der Waals surface area contributed by atoms with Gasteiger partial charge in [-0.2, -0.15) is 0 Å². The Balaban J connectivity index is 1.97. The van der Waals surface area contributed by atoms with Crippen LogP contribution in [0.15, 0.2) is 35.5 Å². The van der Waals surface area contributed by atoms with Gasteiger partial charge in [0.05, 0.1) is 6.61 Å². The van der Waals surface area contributed by atoms with E-state index in [1.807, 2.05) is 30.3 Å². The summed E-state index contributed by atoms with van der Waals surface area (Å²) in [4.78, 5) is 16.3. The highest BCUT2D eigenvalue weighted by atomic mass is 16.8. The third kappa shape index (κ3) is 4.37. The molecule has 1 fully saturated rings. The predicted molar refractivity (Wildman–Crippen MR) is 69.9 cm³/mol. The number of hydrogen-bond donors (Lipinski definition) is 1. The number of ether oxygens (including phenoxy) is 1. The Morgan fingerprint density at radius 3 is 2.79 bits per heavy atom. The van der Waals surface area contributed by atoms with E-state index in [1.54, 1.807) is 0 Å². The van der Waals surface area contributed by atoms with Gasteiger partial charge in [0.1, 0.15) is 0 Å². The highest BCUT2D eigenvalue weighted by Gasteiger charge is 2.17. The van der Waals surface area contributed by atoms with Crippen molar-refractivity contribution in [1.29, 1.82) is 0 Å². The zero-order valence-corrected chi connectivity index (χ0v) is 10.6. The molecule has 5 heteroatoms. The largest absolute Gasteiger partial charge is 0.477 e. The third-order valence-corrected chi connectivity index (χ3v) is 2.88. The molecule has 0 bridgehead atoms. The fraction of sp³-hybridized carbons (Fsp3) is 0.429. The summed E-state index contributed by atoms with van der Waals surface area (Å²) in [5.41, 5.74) is 0.872. The fourth-order valence-electron chi connectivity index (χ4n) is 1.85. The lowest BCUT2D eigenvalue weighted by Gasteiger charge is -2.20. The predicted octanol–water partition coefficient (Wildman–Crippen LogP) is 2.21. The number of nitrogens with zero attached hydrogens (tertiary/aromatic N) is 1. The second-order valence-corrected chi connectivity index (χ2v) is 4.41. The van der Waals surface area contributed by atoms with Crippen molar-refractivity contribution >= 4 is 11.7 Å². The van der Waals surface area contributed by atoms with Crippen LogP contribution in [-0.2, 0) is 20.8 Å². The topological polar surface area (TPSA) is 68.1 Å². The minimum Gasteiger partial charge on any atom is -0.477 e. The van der Waals surface area contributed by atoms with E-state index < -0.39 is 12.3 Å². The van der Waals surface area contributed by atoms with Gasteiger partial charge >= 0.3 is 5.97 Å². The molecule has 1 aromatic carbocycles. The Kier molecular flexibility index (Phi) is 4.92. The molecule has 0 unspecified atom stereocenters. The van der Waals surface area contributed by atoms with Crippen LogP contribution in [0, 0.1) is 0 Å². The van der Waals surface area contributed by atoms with Crippen molar-refractivity contribution < 1.29 is 19.5 Å². The van der Waals surface area contributed by atoms with E-state index in [4.69, 9.17) is 14.7 Å². The molecule has 0 aromatic heterocycles. The normalized spacial score (nSPS) is 20.0. The first-order valence-electron chi connectivity index (χ1n) is 6.37. The molecule has 0 aliphatic carbocycles. The minimum atomic E-state index is -1.07. The molecule has 1 heterocycles. The maximum Gasteiger partial charge on any atom is 0.354 e. The first-order chi connectivity index (χ1) is 9.25. The van der Waals surface area contributed by atoms with E-state index in [0.717, 1.165) is 24.8 Å². The summed E-state index contributed by atoms with van der Waals surface area (Å²) in [6.07, 6.45) is 2.60. The van der Waals surface area contributed by atoms with E-state index in [1.165, 1.54) is 0 Å². The molecule has 19 heavy (non-hydrogen) atoms. The lowest BCUT2D eigenvalue weighted by atomic mass is 10.1. The average molecular weight is 263 g/mol. The smallest absolute Gasteiger partial charge is 0.354 e. The standard InChI is InChI=1S/C14H17NO4/c16-14(17)12(10-11-6-2-1-3-7-11)15-19-13-8-4-5-9-18-13/h1-3,6-7,13H,4-5,8-10H2,(H,16,17)/b15-12+/t13-/m1/s1. The minimum absolute atomic E-state index is 0.0135. The summed E-state index contributed by atoms with van der Waals surface area (Å²) in [6.45, 7) is 0.640. The molecular weight excluding hydrogens is 246 g/mol. The lowest BCUT2D eigenvalue weighted by Crippen LogP contribution is -2.23. The van der Waals surface area contributed by atoms with Crippen molar-refractivity contribution in [2.75, 3.05) is 6.61 Å². The van der Waals surface area contributed by atoms with E-state index in [9.17, 15) is 4.79 Å². The first-order valence-corrected chi connectivity index (χ1v) is 6.37. The van der Waals surface area contributed by atoms with Gasteiger partial charge in [-0.1, -0.05) is 35.5 Å². The lowest BCUT2D eigenvalue weighted by molar-refractivity contribution is -0.162. The molecule has 1 aliphatic rings. The van der Waals surface area contributed by atoms with E-state index in [0.29, 0.717) is 6.61 Å². The fourth-order valence-corrected chi connectivity index (χ4v) is 1.85. The van der Waals surface area contributed by atoms with Crippen molar-refractivity contribution in [3.05, 3.63) is 35.9 Å². The van der Waals surface area contributed by atoms with Gasteiger partial charge in [-0.15, -0.1) is 0 Å². The summed E-state index contributed by atoms with van der Waals surface area (Å²) >= 11 is 0. The Morgan fingerprint density at radius 1 is 1.37 bits per heavy atom. The summed E-state index contributed by atoms with van der Waals surface area (Å²) in [7, 11) is 0. The summed E-state index contributed by atoms with van der Waals surface area (Å²) in [5, 5.41) is 12.8. The van der Waals surface area contributed by atoms with Crippen molar-refractivity contribution in [2.24, 2.45) is 5.16 Å². The zero-order chi connectivity index (χ0) is 13.5. The van der Waals surface area contributed by atoms with E-state index >= 15 is 0 Å². The van der Waals surface area contributed by atoms with Crippen LogP contribution < -0.4 is 0 Å². The van der Waals surface area contributed by atoms with Crippen LogP contribution in [0.5, 0.6) is 0 Å². The van der Waals surface area contributed by atoms with Gasteiger partial charge < -0.3 is 14.7 Å². The molecule has 1 aromatic rings. The molecular formula is C14H17NO4. The van der Waals surface area contributed by atoms with Crippen LogP contribution in [0.4, 0.5) is 0 Å². The molecule has 0 amide bonds. The van der Waals surface area contributed by atoms with Gasteiger partial charge in [0, 0.05) is 12.8 Å². The van der Waals surface area contributed by atoms with Crippen LogP contribution in [0.2, 0.25) is 0 Å². The van der Waals surface area contributed by atoms with E-state index in [2.05, 4.69) is 5.16 Å². The van der Waals surface area contributed by atoms with Crippen molar-refractivity contribution in [2.45, 2.75) is 32.0 Å². The molecule has 1 aliphatic heterocycles. The Bertz CT molecular complexity index is 438. The number of benzene rings is 1. The number of carbonyl (C=O) groups is 1. The number of carboxylic acid groups (broad SMARTS) is 1. The summed E-state index contributed by atoms with van der Waals surface area (Å²) in [6, 6.07) is 9.32. The average Bonchev–Trinajstić information content (AvgIpc) is 2.45. The Morgan fingerprint density at radius 2 is 2.16 bits per heavy atom. The monoisotopic (exact) mass is 263 g/mol. The maximum atomic E-state index is 11.1. The number of oxime groups is 1. The highest BCUT2D eigenvalue weighted by Crippen LogP contribution is 2.14. The summed E-state index contributed by atoms with van der Waals surface area (Å²) < 4.78 is 5.34. The maximum absolute atomic E-state index is 11.1. The van der Waals surface area contributed by atoms with Crippen LogP contribution >= 0.6 is 0 Å². The Hall–Kier alpha value is -1.88. The van der Waals surface area contributed by atoms with Gasteiger partial charge in [0.2, 0.25) is 6.29 Å². The highest BCUT2D eigenvalue weighted by molar-refractivity contribution is 6.35. The molecule has 0 saturated carbocycles. The second-order valence-electron chi connectivity index (χ2n) is 4.41. The number of hydrogen-bond acceptors (Lipinski definition) is 4. The first kappa shape index (κ1) is 13.5. The van der Waals surface area contributed by atoms with Crippen molar-refractivity contribution in [1.82, 2.24) is 0 Å². The van der Waals surface area contributed by atoms with Crippen molar-refractivity contribution in [3.8, 4) is 0 Å². The third-order valence-electron chi connectivity index (χ3n) is 2.88. The van der Waals surface area contributed by atoms with Gasteiger partial charge in [0.25, 0.3) is 0 Å². The van der Waals surface area contributed by atoms with Crippen LogP contribution in [0.25, 0.3) is 0 Å². The second kappa shape index (κ2) is 6.89. The van der Waals surface area contributed by atoms with Crippen molar-refractivity contribution in [3.63, 3.8) is 0 Å². The molecule has 1 atom stereocenters. The van der Waals surface area contributed by atoms with Gasteiger partial charge in [-0.3, -0.25) is 0 Å². The molecule has 0 radical (unpaired) electrons. The molecule has 102 valence electrons. The van der Waals surface area contributed by atoms with Gasteiger partial charge in [-0.25, -0.2) is 4.79 Å². The van der Waals surface area contributed by atoms with Gasteiger partial charge in [-0.05, 0) is 18.4 Å². The van der Waals surface area contributed by atoms with E-state index in [-0.39, 0.29) is 12.1 Å². The number of rotatable bonds is 5. The molecule has 2 rings (SSSR count). The quantitative estimate of drug-likeness (QED) is 0.653. The number of aliphatic carboxylic acids is 1. The summed E-state index contributed by atoms with van der Waals surface area (Å²) in [5.74, 6) is -1.07. The van der Waals surface area contributed by atoms with Gasteiger partial charge in [0.15, 0.2) is 5.71 Å². The van der Waals surface area contributed by atoms with Crippen LogP contribution in [0.3, 0.4) is 0 Å². The van der Waals surface area contributed by atoms with Crippen LogP contribution in [-0.4, -0.2) is 29.7 Å². The molecule has 1 saturated heterocycles. The zero-order valence-electron chi connectivity index (χ0n) is 10.6. The Labute approximate surface area is 111 Å². The molecule has 1 N–H and O–H groups in total. The number of carboxylic acids is 1. The van der Waals surface area contributed by atoms with Crippen LogP contribution in [0.1, 0.15) is 24.8 Å². The molecule has 5 nitrogen and oxygen atoms in total. The molecule has 0 spiro atoms.